The van der Waals surface area contributed by atoms with Gasteiger partial charge in [-0.15, -0.1) is 0 Å². The Kier molecular flexibility index (Phi) is 3.85. The van der Waals surface area contributed by atoms with E-state index in [0.29, 0.717) is 29.5 Å². The normalized spacial score (nSPS) is 50.6. The van der Waals surface area contributed by atoms with Crippen LogP contribution in [0.25, 0.3) is 0 Å². The summed E-state index contributed by atoms with van der Waals surface area (Å²) in [4.78, 5) is 24.4. The van der Waals surface area contributed by atoms with Crippen molar-refractivity contribution in [1.29, 1.82) is 0 Å². The van der Waals surface area contributed by atoms with Crippen molar-refractivity contribution in [2.45, 2.75) is 84.7 Å². The summed E-state index contributed by atoms with van der Waals surface area (Å²) in [5.41, 5.74) is 0.0652. The summed E-state index contributed by atoms with van der Waals surface area (Å²) in [6.07, 6.45) is 10.2. The van der Waals surface area contributed by atoms with E-state index < -0.39 is 0 Å². The smallest absolute Gasteiger partial charge is 0.302 e. The number of carbonyl (C=O) groups is 2. The molecule has 0 aromatic rings. The van der Waals surface area contributed by atoms with Crippen LogP contribution in [0.3, 0.4) is 0 Å². The molecule has 3 heteroatoms. The van der Waals surface area contributed by atoms with Crippen LogP contribution in [0.15, 0.2) is 0 Å². The lowest BCUT2D eigenvalue weighted by Crippen LogP contribution is -2.56. The molecule has 4 aliphatic carbocycles. The minimum Gasteiger partial charge on any atom is -0.462 e. The van der Waals surface area contributed by atoms with Gasteiger partial charge in [-0.05, 0) is 75.0 Å². The summed E-state index contributed by atoms with van der Waals surface area (Å²) in [7, 11) is 0. The van der Waals surface area contributed by atoms with Crippen LogP contribution in [-0.4, -0.2) is 17.9 Å². The molecule has 0 aliphatic heterocycles. The predicted molar refractivity (Wildman–Crippen MR) is 92.3 cm³/mol. The maximum atomic E-state index is 12.9. The minimum absolute atomic E-state index is 0.0674. The van der Waals surface area contributed by atoms with Gasteiger partial charge in [-0.25, -0.2) is 0 Å². The first kappa shape index (κ1) is 16.6. The van der Waals surface area contributed by atoms with E-state index in [2.05, 4.69) is 13.8 Å². The summed E-state index contributed by atoms with van der Waals surface area (Å²) in [5, 5.41) is 0. The van der Waals surface area contributed by atoms with Crippen LogP contribution in [0, 0.1) is 34.5 Å². The number of rotatable bonds is 1. The number of fused-ring (bicyclic) bond motifs is 5. The highest BCUT2D eigenvalue weighted by Gasteiger charge is 2.62. The van der Waals surface area contributed by atoms with Crippen LogP contribution >= 0.6 is 0 Å². The molecule has 0 aromatic carbocycles. The third-order valence-electron chi connectivity index (χ3n) is 8.68. The number of carbonyl (C=O) groups excluding carboxylic acids is 2. The lowest BCUT2D eigenvalue weighted by Gasteiger charge is -2.59. The molecular weight excluding hydrogens is 300 g/mol. The van der Waals surface area contributed by atoms with E-state index in [1.807, 2.05) is 0 Å². The predicted octanol–water partition coefficient (Wildman–Crippen LogP) is 4.53. The van der Waals surface area contributed by atoms with Gasteiger partial charge in [0.2, 0.25) is 0 Å². The molecule has 0 spiro atoms. The number of ether oxygens (including phenoxy) is 1. The highest BCUT2D eigenvalue weighted by molar-refractivity contribution is 5.86. The van der Waals surface area contributed by atoms with Crippen LogP contribution < -0.4 is 0 Å². The van der Waals surface area contributed by atoms with E-state index in [0.717, 1.165) is 32.1 Å². The zero-order chi connectivity index (χ0) is 17.1. The summed E-state index contributed by atoms with van der Waals surface area (Å²) < 4.78 is 5.71. The molecule has 0 unspecified atom stereocenters. The molecule has 0 heterocycles. The Bertz CT molecular complexity index is 555. The Morgan fingerprint density at radius 2 is 1.83 bits per heavy atom. The molecule has 0 radical (unpaired) electrons. The van der Waals surface area contributed by atoms with Crippen LogP contribution in [0.2, 0.25) is 0 Å². The molecular formula is C21H32O3. The lowest BCUT2D eigenvalue weighted by molar-refractivity contribution is -0.165. The molecule has 4 aliphatic rings. The molecule has 7 atom stereocenters. The van der Waals surface area contributed by atoms with E-state index in [-0.39, 0.29) is 22.9 Å². The number of hydrogen-bond donors (Lipinski definition) is 0. The molecule has 4 saturated carbocycles. The van der Waals surface area contributed by atoms with Gasteiger partial charge < -0.3 is 4.74 Å². The maximum Gasteiger partial charge on any atom is 0.302 e. The maximum absolute atomic E-state index is 12.9. The zero-order valence-electron chi connectivity index (χ0n) is 15.5. The van der Waals surface area contributed by atoms with Gasteiger partial charge in [0.15, 0.2) is 0 Å². The second-order valence-corrected chi connectivity index (χ2v) is 9.47. The van der Waals surface area contributed by atoms with Gasteiger partial charge in [0, 0.05) is 24.2 Å². The van der Waals surface area contributed by atoms with Gasteiger partial charge in [0.1, 0.15) is 11.9 Å². The van der Waals surface area contributed by atoms with Gasteiger partial charge >= 0.3 is 5.97 Å². The van der Waals surface area contributed by atoms with E-state index in [4.69, 9.17) is 4.74 Å². The summed E-state index contributed by atoms with van der Waals surface area (Å²) in [5.74, 6) is 2.89. The molecule has 0 saturated heterocycles. The Morgan fingerprint density at radius 3 is 2.58 bits per heavy atom. The number of hydrogen-bond acceptors (Lipinski definition) is 3. The topological polar surface area (TPSA) is 43.4 Å². The Balaban J connectivity index is 1.62. The third-order valence-corrected chi connectivity index (χ3v) is 8.68. The van der Waals surface area contributed by atoms with E-state index in [1.54, 1.807) is 0 Å². The molecule has 4 fully saturated rings. The molecule has 134 valence electrons. The second-order valence-electron chi connectivity index (χ2n) is 9.47. The van der Waals surface area contributed by atoms with Crippen LogP contribution in [-0.2, 0) is 14.3 Å². The fraction of sp³-hybridized carbons (Fsp3) is 0.905. The zero-order valence-corrected chi connectivity index (χ0v) is 15.5. The van der Waals surface area contributed by atoms with Crippen LogP contribution in [0.5, 0.6) is 0 Å². The summed E-state index contributed by atoms with van der Waals surface area (Å²) in [6, 6.07) is 0. The van der Waals surface area contributed by atoms with E-state index in [1.165, 1.54) is 32.6 Å². The molecule has 0 N–H and O–H groups in total. The average Bonchev–Trinajstić information content (AvgIpc) is 2.85. The van der Waals surface area contributed by atoms with Crippen molar-refractivity contribution in [3.05, 3.63) is 0 Å². The first-order valence-corrected chi connectivity index (χ1v) is 10.1. The molecule has 0 amide bonds. The fourth-order valence-corrected chi connectivity index (χ4v) is 7.43. The van der Waals surface area contributed by atoms with Gasteiger partial charge in [-0.3, -0.25) is 9.59 Å². The van der Waals surface area contributed by atoms with Crippen molar-refractivity contribution in [2.75, 3.05) is 0 Å². The minimum atomic E-state index is -0.137. The van der Waals surface area contributed by atoms with Crippen molar-refractivity contribution in [2.24, 2.45) is 34.5 Å². The van der Waals surface area contributed by atoms with Crippen molar-refractivity contribution >= 4 is 11.8 Å². The SMILES string of the molecule is CC(=O)O[C@H]1CC[C@H]2[C@@H]3CC[C@H]4CCCC(=O)[C@]4(C)[C@H]3CC[C@]12C. The third kappa shape index (κ3) is 2.15. The molecule has 0 bridgehead atoms. The second kappa shape index (κ2) is 5.57. The van der Waals surface area contributed by atoms with Gasteiger partial charge in [0.05, 0.1) is 0 Å². The quantitative estimate of drug-likeness (QED) is 0.663. The Morgan fingerprint density at radius 1 is 1.04 bits per heavy atom. The highest BCUT2D eigenvalue weighted by atomic mass is 16.5. The lowest BCUT2D eigenvalue weighted by atomic mass is 9.45. The molecule has 0 aromatic heterocycles. The standard InChI is InChI=1S/C21H32O3/c1-13(22)24-19-10-9-16-15-8-7-14-5-4-6-18(23)21(14,3)17(15)11-12-20(16,19)2/h14-17,19H,4-12H2,1-3H3/t14-,15+,16+,17+,19+,20+,21+/m1/s1. The first-order chi connectivity index (χ1) is 11.4. The molecule has 24 heavy (non-hydrogen) atoms. The average molecular weight is 332 g/mol. The summed E-state index contributed by atoms with van der Waals surface area (Å²) in [6.45, 7) is 6.19. The Labute approximate surface area is 145 Å². The van der Waals surface area contributed by atoms with Crippen molar-refractivity contribution in [1.82, 2.24) is 0 Å². The Hall–Kier alpha value is -0.860. The van der Waals surface area contributed by atoms with Crippen LogP contribution in [0.4, 0.5) is 0 Å². The van der Waals surface area contributed by atoms with Crippen molar-refractivity contribution < 1.29 is 14.3 Å². The fourth-order valence-electron chi connectivity index (χ4n) is 7.43. The number of Topliss-reactive ketones (excluding diaryl/α,β-unsaturated/α-hetero) is 1. The summed E-state index contributed by atoms with van der Waals surface area (Å²) >= 11 is 0. The van der Waals surface area contributed by atoms with Gasteiger partial charge in [0.25, 0.3) is 0 Å². The van der Waals surface area contributed by atoms with Gasteiger partial charge in [-0.1, -0.05) is 13.8 Å². The number of ketones is 1. The number of esters is 1. The van der Waals surface area contributed by atoms with E-state index in [9.17, 15) is 9.59 Å². The van der Waals surface area contributed by atoms with E-state index >= 15 is 0 Å². The van der Waals surface area contributed by atoms with Crippen molar-refractivity contribution in [3.8, 4) is 0 Å². The molecule has 3 nitrogen and oxygen atoms in total. The first-order valence-electron chi connectivity index (χ1n) is 10.1. The molecule has 4 rings (SSSR count). The van der Waals surface area contributed by atoms with Crippen molar-refractivity contribution in [3.63, 3.8) is 0 Å². The van der Waals surface area contributed by atoms with Crippen LogP contribution in [0.1, 0.15) is 78.6 Å². The highest BCUT2D eigenvalue weighted by Crippen LogP contribution is 2.65. The van der Waals surface area contributed by atoms with Gasteiger partial charge in [-0.2, -0.15) is 0 Å². The largest absolute Gasteiger partial charge is 0.462 e. The monoisotopic (exact) mass is 332 g/mol.